The van der Waals surface area contributed by atoms with Gasteiger partial charge in [-0.15, -0.1) is 10.2 Å². The SMILES string of the molecule is C[C@@H](Sc1nncn1C)C(=O)Nc1cc(Cl)ccc1Cl. The fraction of sp³-hybridized carbons (Fsp3) is 0.250. The Labute approximate surface area is 130 Å². The summed E-state index contributed by atoms with van der Waals surface area (Å²) in [6.45, 7) is 1.78. The van der Waals surface area contributed by atoms with E-state index in [2.05, 4.69) is 15.5 Å². The Hall–Kier alpha value is -1.24. The molecule has 0 aliphatic rings. The first-order valence-electron chi connectivity index (χ1n) is 5.74. The second-order valence-electron chi connectivity index (χ2n) is 4.10. The largest absolute Gasteiger partial charge is 0.324 e. The summed E-state index contributed by atoms with van der Waals surface area (Å²) in [6, 6.07) is 4.92. The fourth-order valence-corrected chi connectivity index (χ4v) is 2.55. The number of rotatable bonds is 4. The summed E-state index contributed by atoms with van der Waals surface area (Å²) in [5, 5.41) is 11.7. The van der Waals surface area contributed by atoms with E-state index in [1.807, 2.05) is 7.05 Å². The van der Waals surface area contributed by atoms with Crippen molar-refractivity contribution in [3.8, 4) is 0 Å². The van der Waals surface area contributed by atoms with Crippen LogP contribution in [0.25, 0.3) is 0 Å². The van der Waals surface area contributed by atoms with Crippen molar-refractivity contribution in [2.45, 2.75) is 17.3 Å². The van der Waals surface area contributed by atoms with Crippen molar-refractivity contribution in [1.82, 2.24) is 14.8 Å². The maximum atomic E-state index is 12.1. The van der Waals surface area contributed by atoms with E-state index >= 15 is 0 Å². The van der Waals surface area contributed by atoms with E-state index in [4.69, 9.17) is 23.2 Å². The number of nitrogens with zero attached hydrogens (tertiary/aromatic N) is 3. The number of hydrogen-bond acceptors (Lipinski definition) is 4. The molecule has 0 spiro atoms. The van der Waals surface area contributed by atoms with Crippen molar-refractivity contribution in [2.75, 3.05) is 5.32 Å². The summed E-state index contributed by atoms with van der Waals surface area (Å²) in [6.07, 6.45) is 1.58. The molecule has 106 valence electrons. The first kappa shape index (κ1) is 15.2. The molecule has 1 N–H and O–H groups in total. The summed E-state index contributed by atoms with van der Waals surface area (Å²) in [7, 11) is 1.82. The zero-order valence-electron chi connectivity index (χ0n) is 10.8. The summed E-state index contributed by atoms with van der Waals surface area (Å²) < 4.78 is 1.75. The molecule has 0 radical (unpaired) electrons. The van der Waals surface area contributed by atoms with Crippen LogP contribution in [-0.2, 0) is 11.8 Å². The Bertz CT molecular complexity index is 632. The topological polar surface area (TPSA) is 59.8 Å². The number of halogens is 2. The molecule has 0 saturated heterocycles. The van der Waals surface area contributed by atoms with Crippen molar-refractivity contribution in [1.29, 1.82) is 0 Å². The lowest BCUT2D eigenvalue weighted by Gasteiger charge is -2.12. The average Bonchev–Trinajstić information content (AvgIpc) is 2.79. The first-order valence-corrected chi connectivity index (χ1v) is 7.37. The predicted molar refractivity (Wildman–Crippen MR) is 81.4 cm³/mol. The molecule has 5 nitrogen and oxygen atoms in total. The lowest BCUT2D eigenvalue weighted by molar-refractivity contribution is -0.115. The Balaban J connectivity index is 2.04. The third-order valence-corrected chi connectivity index (χ3v) is 4.22. The molecular formula is C12H12Cl2N4OS. The molecule has 1 atom stereocenters. The summed E-state index contributed by atoms with van der Waals surface area (Å²) in [5.74, 6) is -0.179. The molecule has 2 aromatic rings. The van der Waals surface area contributed by atoms with Gasteiger partial charge in [0.05, 0.1) is 16.0 Å². The number of carbonyl (C=O) groups is 1. The maximum Gasteiger partial charge on any atom is 0.237 e. The molecule has 1 aromatic carbocycles. The van der Waals surface area contributed by atoms with Crippen molar-refractivity contribution < 1.29 is 4.79 Å². The minimum absolute atomic E-state index is 0.179. The van der Waals surface area contributed by atoms with Gasteiger partial charge in [0, 0.05) is 12.1 Å². The van der Waals surface area contributed by atoms with Crippen LogP contribution >= 0.6 is 35.0 Å². The molecule has 0 aliphatic carbocycles. The third-order valence-electron chi connectivity index (χ3n) is 2.51. The van der Waals surface area contributed by atoms with Crippen LogP contribution in [0.5, 0.6) is 0 Å². The van der Waals surface area contributed by atoms with Crippen molar-refractivity contribution >= 4 is 46.6 Å². The van der Waals surface area contributed by atoms with Gasteiger partial charge in [-0.25, -0.2) is 0 Å². The summed E-state index contributed by atoms with van der Waals surface area (Å²) in [5.41, 5.74) is 0.495. The highest BCUT2D eigenvalue weighted by Crippen LogP contribution is 2.27. The smallest absolute Gasteiger partial charge is 0.237 e. The van der Waals surface area contributed by atoms with E-state index in [-0.39, 0.29) is 11.2 Å². The number of anilines is 1. The Morgan fingerprint density at radius 2 is 2.20 bits per heavy atom. The van der Waals surface area contributed by atoms with E-state index in [9.17, 15) is 4.79 Å². The maximum absolute atomic E-state index is 12.1. The van der Waals surface area contributed by atoms with Crippen LogP contribution in [-0.4, -0.2) is 25.9 Å². The van der Waals surface area contributed by atoms with Crippen molar-refractivity contribution in [3.05, 3.63) is 34.6 Å². The van der Waals surface area contributed by atoms with Gasteiger partial charge in [-0.2, -0.15) is 0 Å². The van der Waals surface area contributed by atoms with Crippen LogP contribution in [0.4, 0.5) is 5.69 Å². The number of nitrogens with one attached hydrogen (secondary N) is 1. The van der Waals surface area contributed by atoms with Gasteiger partial charge >= 0.3 is 0 Å². The molecular weight excluding hydrogens is 319 g/mol. The van der Waals surface area contributed by atoms with Crippen LogP contribution in [0, 0.1) is 0 Å². The van der Waals surface area contributed by atoms with E-state index in [1.165, 1.54) is 11.8 Å². The van der Waals surface area contributed by atoms with E-state index in [1.54, 1.807) is 36.0 Å². The molecule has 20 heavy (non-hydrogen) atoms. The van der Waals surface area contributed by atoms with Gasteiger partial charge < -0.3 is 9.88 Å². The quantitative estimate of drug-likeness (QED) is 0.874. The lowest BCUT2D eigenvalue weighted by atomic mass is 10.3. The minimum atomic E-state index is -0.340. The number of aromatic nitrogens is 3. The molecule has 0 fully saturated rings. The highest BCUT2D eigenvalue weighted by atomic mass is 35.5. The van der Waals surface area contributed by atoms with Gasteiger partial charge in [0.1, 0.15) is 6.33 Å². The second-order valence-corrected chi connectivity index (χ2v) is 6.25. The third kappa shape index (κ3) is 3.65. The number of carbonyl (C=O) groups excluding carboxylic acids is 1. The lowest BCUT2D eigenvalue weighted by Crippen LogP contribution is -2.23. The van der Waals surface area contributed by atoms with E-state index in [0.29, 0.717) is 20.9 Å². The molecule has 0 bridgehead atoms. The highest BCUT2D eigenvalue weighted by molar-refractivity contribution is 8.00. The van der Waals surface area contributed by atoms with Gasteiger partial charge in [-0.05, 0) is 25.1 Å². The molecule has 1 aromatic heterocycles. The molecule has 1 amide bonds. The molecule has 0 unspecified atom stereocenters. The molecule has 8 heteroatoms. The number of amides is 1. The van der Waals surface area contributed by atoms with Crippen LogP contribution in [0.15, 0.2) is 29.7 Å². The van der Waals surface area contributed by atoms with Gasteiger partial charge in [0.15, 0.2) is 5.16 Å². The summed E-state index contributed by atoms with van der Waals surface area (Å²) in [4.78, 5) is 12.1. The number of hydrogen-bond donors (Lipinski definition) is 1. The Morgan fingerprint density at radius 1 is 1.45 bits per heavy atom. The monoisotopic (exact) mass is 330 g/mol. The van der Waals surface area contributed by atoms with E-state index < -0.39 is 0 Å². The van der Waals surface area contributed by atoms with Crippen LogP contribution < -0.4 is 5.32 Å². The molecule has 0 aliphatic heterocycles. The minimum Gasteiger partial charge on any atom is -0.324 e. The highest BCUT2D eigenvalue weighted by Gasteiger charge is 2.18. The fourth-order valence-electron chi connectivity index (χ4n) is 1.42. The van der Waals surface area contributed by atoms with Crippen molar-refractivity contribution in [2.24, 2.45) is 7.05 Å². The Morgan fingerprint density at radius 3 is 2.85 bits per heavy atom. The van der Waals surface area contributed by atoms with Gasteiger partial charge in [0.25, 0.3) is 0 Å². The standard InChI is InChI=1S/C12H12Cl2N4OS/c1-7(20-12-17-15-6-18(12)2)11(19)16-10-5-8(13)3-4-9(10)14/h3-7H,1-2H3,(H,16,19)/t7-/m1/s1. The average molecular weight is 331 g/mol. The van der Waals surface area contributed by atoms with Gasteiger partial charge in [-0.3, -0.25) is 4.79 Å². The van der Waals surface area contributed by atoms with Crippen LogP contribution in [0.1, 0.15) is 6.92 Å². The molecule has 0 saturated carbocycles. The molecule has 2 rings (SSSR count). The first-order chi connectivity index (χ1) is 9.47. The van der Waals surface area contributed by atoms with E-state index in [0.717, 1.165) is 0 Å². The van der Waals surface area contributed by atoms with Gasteiger partial charge in [-0.1, -0.05) is 35.0 Å². The zero-order valence-corrected chi connectivity index (χ0v) is 13.1. The Kier molecular flexibility index (Phi) is 4.91. The van der Waals surface area contributed by atoms with Crippen molar-refractivity contribution in [3.63, 3.8) is 0 Å². The normalized spacial score (nSPS) is 12.2. The second kappa shape index (κ2) is 6.47. The molecule has 1 heterocycles. The summed E-state index contributed by atoms with van der Waals surface area (Å²) >= 11 is 13.2. The van der Waals surface area contributed by atoms with Crippen LogP contribution in [0.3, 0.4) is 0 Å². The number of aryl methyl sites for hydroxylation is 1. The van der Waals surface area contributed by atoms with Gasteiger partial charge in [0.2, 0.25) is 5.91 Å². The zero-order chi connectivity index (χ0) is 14.7. The number of benzene rings is 1. The number of thioether (sulfide) groups is 1. The van der Waals surface area contributed by atoms with Crippen LogP contribution in [0.2, 0.25) is 10.0 Å². The predicted octanol–water partition coefficient (Wildman–Crippen LogP) is 3.24.